The first-order valence-electron chi connectivity index (χ1n) is 12.3. The first-order valence-corrected chi connectivity index (χ1v) is 12.8. The number of carbonyl (C=O) groups excluding carboxylic acids is 5. The van der Waals surface area contributed by atoms with Crippen molar-refractivity contribution >= 4 is 64.9 Å². The van der Waals surface area contributed by atoms with E-state index in [2.05, 4.69) is 21.3 Å². The molecule has 4 atom stereocenters. The molecule has 0 aliphatic carbocycles. The van der Waals surface area contributed by atoms with Gasteiger partial charge in [0.25, 0.3) is 0 Å². The lowest BCUT2D eigenvalue weighted by Crippen LogP contribution is -2.59. The molecule has 44 heavy (non-hydrogen) atoms. The van der Waals surface area contributed by atoms with E-state index in [0.717, 1.165) is 6.92 Å². The van der Waals surface area contributed by atoms with E-state index in [-0.39, 0.29) is 0 Å². The summed E-state index contributed by atoms with van der Waals surface area (Å²) in [6.07, 6.45) is -7.71. The molecule has 0 rings (SSSR count). The Bertz CT molecular complexity index is 1090. The Balaban J connectivity index is 0. The Morgan fingerprint density at radius 3 is 1.48 bits per heavy atom. The van der Waals surface area contributed by atoms with Crippen LogP contribution in [-0.2, 0) is 43.2 Å². The SMILES string of the molecule is CC(=O)N[C@@H](CC(=O)O)C(=O)N[C@@H](CCC(=O)O)C(=O)N[C@H](C(=O)N[C@@H](CC(=O)O)C(=O)CCl)C(C)C.O=C(O)C(F)(F)F. The van der Waals surface area contributed by atoms with E-state index in [1.54, 1.807) is 0 Å². The van der Waals surface area contributed by atoms with E-state index in [1.807, 2.05) is 0 Å². The van der Waals surface area contributed by atoms with Crippen molar-refractivity contribution in [2.24, 2.45) is 5.92 Å². The van der Waals surface area contributed by atoms with Gasteiger partial charge in [-0.15, -0.1) is 11.6 Å². The third-order valence-electron chi connectivity index (χ3n) is 5.06. The van der Waals surface area contributed by atoms with Crippen LogP contribution in [0.5, 0.6) is 0 Å². The summed E-state index contributed by atoms with van der Waals surface area (Å²) < 4.78 is 31.7. The fourth-order valence-corrected chi connectivity index (χ4v) is 3.19. The lowest BCUT2D eigenvalue weighted by atomic mass is 10.0. The molecule has 0 saturated heterocycles. The Kier molecular flexibility index (Phi) is 18.6. The highest BCUT2D eigenvalue weighted by atomic mass is 35.5. The summed E-state index contributed by atoms with van der Waals surface area (Å²) in [4.78, 5) is 104. The van der Waals surface area contributed by atoms with Crippen LogP contribution in [0, 0.1) is 5.92 Å². The molecule has 0 saturated carbocycles. The third kappa shape index (κ3) is 18.1. The molecule has 0 fully saturated rings. The van der Waals surface area contributed by atoms with Gasteiger partial charge in [0, 0.05) is 13.3 Å². The summed E-state index contributed by atoms with van der Waals surface area (Å²) in [5.74, 6) is -12.6. The van der Waals surface area contributed by atoms with E-state index in [4.69, 9.17) is 36.8 Å². The number of hydrogen-bond donors (Lipinski definition) is 8. The molecule has 0 radical (unpaired) electrons. The van der Waals surface area contributed by atoms with Gasteiger partial charge >= 0.3 is 30.1 Å². The van der Waals surface area contributed by atoms with Gasteiger partial charge in [0.05, 0.1) is 24.8 Å². The molecule has 0 aliphatic heterocycles. The summed E-state index contributed by atoms with van der Waals surface area (Å²) in [6, 6.07) is -5.95. The predicted molar refractivity (Wildman–Crippen MR) is 139 cm³/mol. The second-order valence-corrected chi connectivity index (χ2v) is 9.40. The molecule has 0 aliphatic rings. The van der Waals surface area contributed by atoms with E-state index in [1.165, 1.54) is 13.8 Å². The number of alkyl halides is 4. The molecule has 0 aromatic rings. The number of rotatable bonds is 17. The summed E-state index contributed by atoms with van der Waals surface area (Å²) in [7, 11) is 0. The van der Waals surface area contributed by atoms with Gasteiger partial charge in [0.15, 0.2) is 5.78 Å². The Morgan fingerprint density at radius 2 is 1.11 bits per heavy atom. The van der Waals surface area contributed by atoms with E-state index in [9.17, 15) is 51.5 Å². The van der Waals surface area contributed by atoms with Crippen LogP contribution in [0.2, 0.25) is 0 Å². The monoisotopic (exact) mass is 664 g/mol. The average Bonchev–Trinajstić information content (AvgIpc) is 2.86. The van der Waals surface area contributed by atoms with Crippen LogP contribution in [0.15, 0.2) is 0 Å². The number of carboxylic acid groups (broad SMARTS) is 4. The lowest BCUT2D eigenvalue weighted by molar-refractivity contribution is -0.192. The van der Waals surface area contributed by atoms with Crippen LogP contribution in [0.3, 0.4) is 0 Å². The van der Waals surface area contributed by atoms with Crippen molar-refractivity contribution in [2.45, 2.75) is 76.8 Å². The molecule has 0 spiro atoms. The topological polar surface area (TPSA) is 283 Å². The lowest BCUT2D eigenvalue weighted by Gasteiger charge is -2.27. The number of carboxylic acids is 4. The maximum atomic E-state index is 12.9. The van der Waals surface area contributed by atoms with Crippen LogP contribution in [0.4, 0.5) is 13.2 Å². The second-order valence-electron chi connectivity index (χ2n) is 9.14. The van der Waals surface area contributed by atoms with Gasteiger partial charge in [-0.1, -0.05) is 13.8 Å². The van der Waals surface area contributed by atoms with Crippen LogP contribution >= 0.6 is 11.6 Å². The number of hydrogen-bond acceptors (Lipinski definition) is 9. The third-order valence-corrected chi connectivity index (χ3v) is 5.32. The molecular weight excluding hydrogens is 633 g/mol. The van der Waals surface area contributed by atoms with Crippen molar-refractivity contribution in [1.29, 1.82) is 0 Å². The van der Waals surface area contributed by atoms with Crippen molar-refractivity contribution in [2.75, 3.05) is 5.88 Å². The van der Waals surface area contributed by atoms with Gasteiger partial charge in [-0.25, -0.2) is 4.79 Å². The molecule has 250 valence electrons. The number of nitrogens with one attached hydrogen (secondary N) is 4. The van der Waals surface area contributed by atoms with Gasteiger partial charge in [-0.3, -0.25) is 38.4 Å². The molecule has 17 nitrogen and oxygen atoms in total. The molecule has 0 aromatic heterocycles. The molecular formula is C23H32ClF3N4O13. The molecule has 4 amide bonds. The fraction of sp³-hybridized carbons (Fsp3) is 0.609. The minimum absolute atomic E-state index is 0.453. The van der Waals surface area contributed by atoms with Crippen LogP contribution in [0.1, 0.15) is 46.5 Å². The van der Waals surface area contributed by atoms with Crippen molar-refractivity contribution in [3.8, 4) is 0 Å². The molecule has 21 heteroatoms. The van der Waals surface area contributed by atoms with Gasteiger partial charge in [-0.2, -0.15) is 13.2 Å². The molecule has 8 N–H and O–H groups in total. The molecule has 0 aromatic carbocycles. The highest BCUT2D eigenvalue weighted by Crippen LogP contribution is 2.13. The number of halogens is 4. The van der Waals surface area contributed by atoms with E-state index >= 15 is 0 Å². The summed E-state index contributed by atoms with van der Waals surface area (Å²) >= 11 is 5.46. The molecule has 0 unspecified atom stereocenters. The quantitative estimate of drug-likeness (QED) is 0.0854. The van der Waals surface area contributed by atoms with Gasteiger partial charge < -0.3 is 41.7 Å². The number of carbonyl (C=O) groups is 9. The number of Topliss-reactive ketones (excluding diaryl/α,β-unsaturated/α-hetero) is 1. The van der Waals surface area contributed by atoms with Crippen LogP contribution in [0.25, 0.3) is 0 Å². The zero-order valence-corrected chi connectivity index (χ0v) is 24.2. The fourth-order valence-electron chi connectivity index (χ4n) is 3.00. The normalized spacial score (nSPS) is 13.5. The second kappa shape index (κ2) is 19.7. The highest BCUT2D eigenvalue weighted by Gasteiger charge is 2.38. The number of ketones is 1. The van der Waals surface area contributed by atoms with Crippen molar-refractivity contribution < 1.29 is 76.7 Å². The first kappa shape index (κ1) is 41.6. The molecule has 0 heterocycles. The Labute approximate surface area is 251 Å². The van der Waals surface area contributed by atoms with Gasteiger partial charge in [0.1, 0.15) is 18.1 Å². The standard InChI is InChI=1S/C21H31ClN4O11.C2HF3O2/c1-9(2)18(21(37)25-12(6-16(31)32)14(28)8-22)26-19(35)11(4-5-15(29)30)24-20(36)13(7-17(33)34)23-10(3)27;3-2(4,5)1(6)7/h9,11-13,18H,4-8H2,1-3H3,(H,23,27)(H,24,36)(H,25,37)(H,26,35)(H,29,30)(H,31,32)(H,33,34);(H,6,7)/t11-,12-,13-,18-;/m0./s1. The van der Waals surface area contributed by atoms with Gasteiger partial charge in [-0.05, 0) is 12.3 Å². The number of aliphatic carboxylic acids is 4. The van der Waals surface area contributed by atoms with Crippen molar-refractivity contribution in [3.05, 3.63) is 0 Å². The van der Waals surface area contributed by atoms with Gasteiger partial charge in [0.2, 0.25) is 23.6 Å². The van der Waals surface area contributed by atoms with E-state index < -0.39 is 121 Å². The largest absolute Gasteiger partial charge is 0.490 e. The first-order chi connectivity index (χ1) is 20.0. The highest BCUT2D eigenvalue weighted by molar-refractivity contribution is 6.28. The summed E-state index contributed by atoms with van der Waals surface area (Å²) in [5.41, 5.74) is 0. The van der Waals surface area contributed by atoms with Crippen LogP contribution < -0.4 is 21.3 Å². The predicted octanol–water partition coefficient (Wildman–Crippen LogP) is -1.14. The minimum atomic E-state index is -5.08. The molecule has 0 bridgehead atoms. The minimum Gasteiger partial charge on any atom is -0.481 e. The van der Waals surface area contributed by atoms with E-state index in [0.29, 0.717) is 0 Å². The Morgan fingerprint density at radius 1 is 0.682 bits per heavy atom. The zero-order valence-electron chi connectivity index (χ0n) is 23.4. The maximum absolute atomic E-state index is 12.9. The van der Waals surface area contributed by atoms with Crippen LogP contribution in [-0.4, -0.2) is 110 Å². The number of amides is 4. The summed E-state index contributed by atoms with van der Waals surface area (Å²) in [5, 5.41) is 42.9. The smallest absolute Gasteiger partial charge is 0.481 e. The average molecular weight is 665 g/mol. The maximum Gasteiger partial charge on any atom is 0.490 e. The zero-order chi connectivity index (χ0) is 34.9. The summed E-state index contributed by atoms with van der Waals surface area (Å²) in [6.45, 7) is 4.07. The van der Waals surface area contributed by atoms with Crippen molar-refractivity contribution in [3.63, 3.8) is 0 Å². The Hall–Kier alpha value is -4.49. The van der Waals surface area contributed by atoms with Crippen molar-refractivity contribution in [1.82, 2.24) is 21.3 Å².